The second-order valence-electron chi connectivity index (χ2n) is 5.97. The van der Waals surface area contributed by atoms with E-state index in [0.29, 0.717) is 24.1 Å². The molecule has 1 heterocycles. The molecule has 1 unspecified atom stereocenters. The third-order valence-corrected chi connectivity index (χ3v) is 6.33. The number of benzene rings is 2. The molecule has 0 radical (unpaired) electrons. The van der Waals surface area contributed by atoms with Gasteiger partial charge in [-0.2, -0.15) is 10.5 Å². The Morgan fingerprint density at radius 3 is 2.44 bits per heavy atom. The molecule has 0 aromatic heterocycles. The van der Waals surface area contributed by atoms with Crippen LogP contribution in [0.3, 0.4) is 0 Å². The number of fused-ring (bicyclic) bond motifs is 1. The Morgan fingerprint density at radius 1 is 1.12 bits per heavy atom. The molecule has 3 rings (SSSR count). The van der Waals surface area contributed by atoms with E-state index in [0.717, 1.165) is 6.42 Å². The van der Waals surface area contributed by atoms with Crippen molar-refractivity contribution in [2.75, 3.05) is 4.31 Å². The zero-order chi connectivity index (χ0) is 18.0. The summed E-state index contributed by atoms with van der Waals surface area (Å²) in [5.41, 5.74) is 1.74. The highest BCUT2D eigenvalue weighted by Gasteiger charge is 2.39. The number of rotatable bonds is 4. The van der Waals surface area contributed by atoms with Gasteiger partial charge >= 0.3 is 0 Å². The minimum absolute atomic E-state index is 0.229. The minimum Gasteiger partial charge on any atom is -0.263 e. The van der Waals surface area contributed by atoms with Crippen LogP contribution in [0.1, 0.15) is 36.5 Å². The van der Waals surface area contributed by atoms with Gasteiger partial charge in [-0.1, -0.05) is 31.5 Å². The van der Waals surface area contributed by atoms with Crippen LogP contribution in [0.5, 0.6) is 0 Å². The van der Waals surface area contributed by atoms with Gasteiger partial charge in [0, 0.05) is 6.04 Å². The van der Waals surface area contributed by atoms with E-state index in [2.05, 4.69) is 6.07 Å². The molecule has 0 aliphatic carbocycles. The fourth-order valence-corrected chi connectivity index (χ4v) is 5.10. The highest BCUT2D eigenvalue weighted by molar-refractivity contribution is 7.92. The lowest BCUT2D eigenvalue weighted by atomic mass is 9.98. The maximum atomic E-state index is 13.2. The minimum atomic E-state index is -3.73. The third kappa shape index (κ3) is 2.75. The first-order chi connectivity index (χ1) is 12.0. The number of nitriles is 2. The van der Waals surface area contributed by atoms with Crippen molar-refractivity contribution in [1.82, 2.24) is 0 Å². The van der Waals surface area contributed by atoms with E-state index in [1.54, 1.807) is 36.4 Å². The van der Waals surface area contributed by atoms with Gasteiger partial charge in [-0.3, -0.25) is 4.31 Å². The van der Waals surface area contributed by atoms with Crippen LogP contribution in [0.4, 0.5) is 5.69 Å². The standard InChI is InChI=1S/C19H17N3O2S/c1-2-6-15-11-17-18(13-21)14(12-20)9-10-19(17)22(15)25(23,24)16-7-4-3-5-8-16/h3-5,7-10,15H,2,6,11H2,1H3. The molecule has 0 bridgehead atoms. The average Bonchev–Trinajstić information content (AvgIpc) is 3.00. The number of sulfonamides is 1. The van der Waals surface area contributed by atoms with Crippen LogP contribution < -0.4 is 4.31 Å². The fourth-order valence-electron chi connectivity index (χ4n) is 3.37. The Morgan fingerprint density at radius 2 is 1.84 bits per heavy atom. The summed E-state index contributed by atoms with van der Waals surface area (Å²) < 4.78 is 27.9. The molecule has 5 nitrogen and oxygen atoms in total. The SMILES string of the molecule is CCCC1Cc2c(ccc(C#N)c2C#N)N1S(=O)(=O)c1ccccc1. The monoisotopic (exact) mass is 351 g/mol. The van der Waals surface area contributed by atoms with Crippen LogP contribution in [-0.2, 0) is 16.4 Å². The molecule has 0 amide bonds. The summed E-state index contributed by atoms with van der Waals surface area (Å²) in [5, 5.41) is 18.7. The van der Waals surface area contributed by atoms with Crippen molar-refractivity contribution in [2.24, 2.45) is 0 Å². The molecule has 0 fully saturated rings. The third-order valence-electron chi connectivity index (χ3n) is 4.45. The lowest BCUT2D eigenvalue weighted by Gasteiger charge is -2.26. The Hall–Kier alpha value is -2.83. The van der Waals surface area contributed by atoms with Crippen molar-refractivity contribution >= 4 is 15.7 Å². The molecule has 2 aromatic rings. The number of hydrogen-bond acceptors (Lipinski definition) is 4. The van der Waals surface area contributed by atoms with E-state index in [1.165, 1.54) is 10.4 Å². The van der Waals surface area contributed by atoms with Crippen molar-refractivity contribution in [3.05, 3.63) is 59.2 Å². The molecule has 1 aliphatic heterocycles. The molecule has 0 saturated carbocycles. The summed E-state index contributed by atoms with van der Waals surface area (Å²) in [7, 11) is -3.73. The zero-order valence-electron chi connectivity index (χ0n) is 13.8. The quantitative estimate of drug-likeness (QED) is 0.845. The van der Waals surface area contributed by atoms with Gasteiger partial charge in [0.2, 0.25) is 0 Å². The fraction of sp³-hybridized carbons (Fsp3) is 0.263. The predicted octanol–water partition coefficient (Wildman–Crippen LogP) is 3.35. The van der Waals surface area contributed by atoms with Gasteiger partial charge in [-0.15, -0.1) is 0 Å². The lowest BCUT2D eigenvalue weighted by Crippen LogP contribution is -2.37. The average molecular weight is 351 g/mol. The van der Waals surface area contributed by atoms with Crippen LogP contribution in [0, 0.1) is 22.7 Å². The van der Waals surface area contributed by atoms with E-state index in [9.17, 15) is 18.9 Å². The summed E-state index contributed by atoms with van der Waals surface area (Å²) in [6, 6.07) is 15.3. The summed E-state index contributed by atoms with van der Waals surface area (Å²) in [4.78, 5) is 0.229. The molecule has 6 heteroatoms. The molecule has 0 spiro atoms. The van der Waals surface area contributed by atoms with Crippen LogP contribution in [0.15, 0.2) is 47.4 Å². The first kappa shape index (κ1) is 17.0. The first-order valence-corrected chi connectivity index (χ1v) is 9.54. The maximum absolute atomic E-state index is 13.2. The molecule has 0 N–H and O–H groups in total. The van der Waals surface area contributed by atoms with E-state index < -0.39 is 10.0 Å². The van der Waals surface area contributed by atoms with Gasteiger partial charge in [0.05, 0.1) is 21.7 Å². The highest BCUT2D eigenvalue weighted by atomic mass is 32.2. The van der Waals surface area contributed by atoms with Crippen LogP contribution >= 0.6 is 0 Å². The van der Waals surface area contributed by atoms with Gasteiger partial charge < -0.3 is 0 Å². The molecule has 0 saturated heterocycles. The van der Waals surface area contributed by atoms with E-state index in [4.69, 9.17) is 0 Å². The smallest absolute Gasteiger partial charge is 0.263 e. The van der Waals surface area contributed by atoms with Crippen molar-refractivity contribution < 1.29 is 8.42 Å². The topological polar surface area (TPSA) is 85.0 Å². The normalized spacial score (nSPS) is 16.1. The molecule has 25 heavy (non-hydrogen) atoms. The molecular weight excluding hydrogens is 334 g/mol. The second kappa shape index (κ2) is 6.58. The Balaban J connectivity index is 2.21. The predicted molar refractivity (Wildman–Crippen MR) is 94.4 cm³/mol. The molecule has 126 valence electrons. The van der Waals surface area contributed by atoms with Crippen molar-refractivity contribution in [1.29, 1.82) is 10.5 Å². The lowest BCUT2D eigenvalue weighted by molar-refractivity contribution is 0.565. The van der Waals surface area contributed by atoms with E-state index >= 15 is 0 Å². The van der Waals surface area contributed by atoms with Gasteiger partial charge in [-0.05, 0) is 42.7 Å². The molecule has 1 atom stereocenters. The van der Waals surface area contributed by atoms with E-state index in [1.807, 2.05) is 13.0 Å². The maximum Gasteiger partial charge on any atom is 0.264 e. The summed E-state index contributed by atoms with van der Waals surface area (Å²) in [6.45, 7) is 2.00. The molecule has 1 aliphatic rings. The van der Waals surface area contributed by atoms with Crippen LogP contribution in [0.2, 0.25) is 0 Å². The number of anilines is 1. The number of hydrogen-bond donors (Lipinski definition) is 0. The zero-order valence-corrected chi connectivity index (χ0v) is 14.6. The first-order valence-electron chi connectivity index (χ1n) is 8.10. The summed E-state index contributed by atoms with van der Waals surface area (Å²) >= 11 is 0. The molecule has 2 aromatic carbocycles. The van der Waals surface area contributed by atoms with Gasteiger partial charge in [0.15, 0.2) is 0 Å². The number of nitrogens with zero attached hydrogens (tertiary/aromatic N) is 3. The van der Waals surface area contributed by atoms with Crippen molar-refractivity contribution in [2.45, 2.75) is 37.1 Å². The summed E-state index contributed by atoms with van der Waals surface area (Å²) in [6.07, 6.45) is 1.97. The van der Waals surface area contributed by atoms with Crippen LogP contribution in [0.25, 0.3) is 0 Å². The summed E-state index contributed by atoms with van der Waals surface area (Å²) in [5.74, 6) is 0. The largest absolute Gasteiger partial charge is 0.264 e. The Labute approximate surface area is 147 Å². The Kier molecular flexibility index (Phi) is 4.48. The van der Waals surface area contributed by atoms with Crippen LogP contribution in [-0.4, -0.2) is 14.5 Å². The van der Waals surface area contributed by atoms with Gasteiger partial charge in [0.25, 0.3) is 10.0 Å². The Bertz CT molecular complexity index is 986. The van der Waals surface area contributed by atoms with Gasteiger partial charge in [0.1, 0.15) is 12.1 Å². The van der Waals surface area contributed by atoms with Crippen molar-refractivity contribution in [3.63, 3.8) is 0 Å². The van der Waals surface area contributed by atoms with E-state index in [-0.39, 0.29) is 22.1 Å². The van der Waals surface area contributed by atoms with Crippen molar-refractivity contribution in [3.8, 4) is 12.1 Å². The second-order valence-corrected chi connectivity index (χ2v) is 7.78. The van der Waals surface area contributed by atoms with Gasteiger partial charge in [-0.25, -0.2) is 8.42 Å². The molecular formula is C19H17N3O2S. The highest BCUT2D eigenvalue weighted by Crippen LogP contribution is 2.40.